The van der Waals surface area contributed by atoms with E-state index >= 15 is 0 Å². The molecule has 3 atom stereocenters. The van der Waals surface area contributed by atoms with Gasteiger partial charge in [0, 0.05) is 31.8 Å². The Morgan fingerprint density at radius 1 is 1.74 bits per heavy atom. The number of halogens is 1. The van der Waals surface area contributed by atoms with Gasteiger partial charge in [0.05, 0.1) is 5.69 Å². The highest BCUT2D eigenvalue weighted by molar-refractivity contribution is 6.30. The van der Waals surface area contributed by atoms with Gasteiger partial charge in [-0.1, -0.05) is 0 Å². The lowest BCUT2D eigenvalue weighted by Gasteiger charge is -2.20. The van der Waals surface area contributed by atoms with Crippen LogP contribution in [0.2, 0.25) is 0 Å². The number of nitrogens with one attached hydrogen (secondary N) is 1. The van der Waals surface area contributed by atoms with Crippen molar-refractivity contribution in [3.8, 4) is 0 Å². The SMILES string of the molecule is CCn1nccc1[C@@H]1OCC[C@H]1CNC(=O)C(C)Cl. The number of carbonyl (C=O) groups excluding carboxylic acids is 1. The number of alkyl halides is 1. The molecule has 1 N–H and O–H groups in total. The van der Waals surface area contributed by atoms with Gasteiger partial charge in [-0.3, -0.25) is 9.48 Å². The molecule has 19 heavy (non-hydrogen) atoms. The van der Waals surface area contributed by atoms with E-state index in [1.807, 2.05) is 10.7 Å². The molecule has 5 nitrogen and oxygen atoms in total. The first-order valence-corrected chi connectivity index (χ1v) is 7.12. The number of rotatable bonds is 5. The summed E-state index contributed by atoms with van der Waals surface area (Å²) in [5.41, 5.74) is 1.08. The van der Waals surface area contributed by atoms with Crippen molar-refractivity contribution in [3.63, 3.8) is 0 Å². The zero-order valence-corrected chi connectivity index (χ0v) is 12.1. The molecule has 1 amide bonds. The van der Waals surface area contributed by atoms with Crippen LogP contribution < -0.4 is 5.32 Å². The number of hydrogen-bond donors (Lipinski definition) is 1. The van der Waals surface area contributed by atoms with Gasteiger partial charge < -0.3 is 10.1 Å². The molecule has 2 heterocycles. The third kappa shape index (κ3) is 3.28. The van der Waals surface area contributed by atoms with Crippen LogP contribution in [0.15, 0.2) is 12.3 Å². The first-order valence-electron chi connectivity index (χ1n) is 6.68. The molecule has 1 aliphatic rings. The minimum atomic E-state index is -0.498. The van der Waals surface area contributed by atoms with Crippen molar-refractivity contribution < 1.29 is 9.53 Å². The molecule has 0 aliphatic carbocycles. The zero-order valence-electron chi connectivity index (χ0n) is 11.3. The first kappa shape index (κ1) is 14.3. The van der Waals surface area contributed by atoms with Crippen molar-refractivity contribution in [2.75, 3.05) is 13.2 Å². The molecule has 1 aromatic heterocycles. The zero-order chi connectivity index (χ0) is 13.8. The first-order chi connectivity index (χ1) is 9.13. The second-order valence-corrected chi connectivity index (χ2v) is 5.43. The van der Waals surface area contributed by atoms with E-state index in [0.717, 1.165) is 25.3 Å². The Balaban J connectivity index is 1.99. The quantitative estimate of drug-likeness (QED) is 0.838. The maximum Gasteiger partial charge on any atom is 0.237 e. The molecular formula is C13H20ClN3O2. The Kier molecular flexibility index (Phi) is 4.82. The van der Waals surface area contributed by atoms with E-state index in [2.05, 4.69) is 17.3 Å². The summed E-state index contributed by atoms with van der Waals surface area (Å²) in [5.74, 6) is 0.151. The van der Waals surface area contributed by atoms with E-state index in [4.69, 9.17) is 16.3 Å². The molecule has 0 radical (unpaired) electrons. The van der Waals surface area contributed by atoms with Gasteiger partial charge in [-0.15, -0.1) is 11.6 Å². The fraction of sp³-hybridized carbons (Fsp3) is 0.692. The van der Waals surface area contributed by atoms with Crippen molar-refractivity contribution in [1.29, 1.82) is 0 Å². The second kappa shape index (κ2) is 6.39. The lowest BCUT2D eigenvalue weighted by Crippen LogP contribution is -2.34. The maximum absolute atomic E-state index is 11.5. The number of carbonyl (C=O) groups is 1. The number of nitrogens with zero attached hydrogens (tertiary/aromatic N) is 2. The highest BCUT2D eigenvalue weighted by atomic mass is 35.5. The van der Waals surface area contributed by atoms with Gasteiger partial charge in [0.2, 0.25) is 5.91 Å². The molecule has 6 heteroatoms. The Hall–Kier alpha value is -1.07. The summed E-state index contributed by atoms with van der Waals surface area (Å²) in [6.45, 7) is 5.86. The summed E-state index contributed by atoms with van der Waals surface area (Å²) < 4.78 is 7.74. The number of amides is 1. The topological polar surface area (TPSA) is 56.1 Å². The van der Waals surface area contributed by atoms with E-state index in [9.17, 15) is 4.79 Å². The van der Waals surface area contributed by atoms with Crippen LogP contribution in [-0.2, 0) is 16.1 Å². The third-order valence-corrected chi connectivity index (χ3v) is 3.65. The lowest BCUT2D eigenvalue weighted by atomic mass is 9.99. The molecule has 106 valence electrons. The average Bonchev–Trinajstić information content (AvgIpc) is 3.03. The molecule has 0 spiro atoms. The highest BCUT2D eigenvalue weighted by Gasteiger charge is 2.32. The predicted octanol–water partition coefficient (Wildman–Crippen LogP) is 1.72. The van der Waals surface area contributed by atoms with Crippen LogP contribution in [0.25, 0.3) is 0 Å². The Labute approximate surface area is 118 Å². The van der Waals surface area contributed by atoms with Crippen molar-refractivity contribution in [3.05, 3.63) is 18.0 Å². The summed E-state index contributed by atoms with van der Waals surface area (Å²) in [4.78, 5) is 11.5. The highest BCUT2D eigenvalue weighted by Crippen LogP contribution is 2.33. The standard InChI is InChI=1S/C13H20ClN3O2/c1-3-17-11(4-6-16-17)12-10(5-7-19-12)8-15-13(18)9(2)14/h4,6,9-10,12H,3,5,7-8H2,1-2H3,(H,15,18)/t9?,10-,12+/m0/s1. The molecule has 0 aromatic carbocycles. The van der Waals surface area contributed by atoms with E-state index < -0.39 is 5.38 Å². The van der Waals surface area contributed by atoms with Crippen LogP contribution >= 0.6 is 11.6 Å². The smallest absolute Gasteiger partial charge is 0.237 e. The molecule has 1 unspecified atom stereocenters. The monoisotopic (exact) mass is 285 g/mol. The molecule has 1 fully saturated rings. The normalized spacial score (nSPS) is 24.4. The number of hydrogen-bond acceptors (Lipinski definition) is 3. The Morgan fingerprint density at radius 3 is 3.21 bits per heavy atom. The van der Waals surface area contributed by atoms with Gasteiger partial charge >= 0.3 is 0 Å². The number of aromatic nitrogens is 2. The van der Waals surface area contributed by atoms with Crippen molar-refractivity contribution >= 4 is 17.5 Å². The van der Waals surface area contributed by atoms with Crippen LogP contribution in [0.4, 0.5) is 0 Å². The average molecular weight is 286 g/mol. The van der Waals surface area contributed by atoms with Gasteiger partial charge in [-0.05, 0) is 26.3 Å². The van der Waals surface area contributed by atoms with Gasteiger partial charge in [-0.2, -0.15) is 5.10 Å². The summed E-state index contributed by atoms with van der Waals surface area (Å²) in [5, 5.41) is 6.64. The van der Waals surface area contributed by atoms with Crippen LogP contribution in [0.3, 0.4) is 0 Å². The van der Waals surface area contributed by atoms with Crippen molar-refractivity contribution in [2.24, 2.45) is 5.92 Å². The summed E-state index contributed by atoms with van der Waals surface area (Å²) >= 11 is 5.74. The fourth-order valence-electron chi connectivity index (χ4n) is 2.39. The molecule has 1 aromatic rings. The minimum absolute atomic E-state index is 0.00776. The maximum atomic E-state index is 11.5. The van der Waals surface area contributed by atoms with E-state index in [1.165, 1.54) is 0 Å². The van der Waals surface area contributed by atoms with Crippen molar-refractivity contribution in [1.82, 2.24) is 15.1 Å². The van der Waals surface area contributed by atoms with Gasteiger partial charge in [0.25, 0.3) is 0 Å². The Bertz CT molecular complexity index is 433. The van der Waals surface area contributed by atoms with Crippen LogP contribution in [0.5, 0.6) is 0 Å². The molecular weight excluding hydrogens is 266 g/mol. The fourth-order valence-corrected chi connectivity index (χ4v) is 2.47. The summed E-state index contributed by atoms with van der Waals surface area (Å²) in [7, 11) is 0. The third-order valence-electron chi connectivity index (χ3n) is 3.45. The molecule has 1 aliphatic heterocycles. The van der Waals surface area contributed by atoms with Gasteiger partial charge in [-0.25, -0.2) is 0 Å². The molecule has 0 bridgehead atoms. The van der Waals surface area contributed by atoms with Gasteiger partial charge in [0.15, 0.2) is 0 Å². The minimum Gasteiger partial charge on any atom is -0.372 e. The van der Waals surface area contributed by atoms with E-state index in [0.29, 0.717) is 6.54 Å². The van der Waals surface area contributed by atoms with Crippen LogP contribution in [0, 0.1) is 5.92 Å². The largest absolute Gasteiger partial charge is 0.372 e. The lowest BCUT2D eigenvalue weighted by molar-refractivity contribution is -0.120. The number of aryl methyl sites for hydroxylation is 1. The number of ether oxygens (including phenoxy) is 1. The summed E-state index contributed by atoms with van der Waals surface area (Å²) in [6, 6.07) is 1.98. The van der Waals surface area contributed by atoms with Crippen molar-refractivity contribution in [2.45, 2.75) is 38.3 Å². The molecule has 2 rings (SSSR count). The second-order valence-electron chi connectivity index (χ2n) is 4.77. The Morgan fingerprint density at radius 2 is 2.53 bits per heavy atom. The van der Waals surface area contributed by atoms with Crippen LogP contribution in [-0.4, -0.2) is 34.2 Å². The molecule has 0 saturated carbocycles. The van der Waals surface area contributed by atoms with Gasteiger partial charge in [0.1, 0.15) is 11.5 Å². The predicted molar refractivity (Wildman–Crippen MR) is 73.0 cm³/mol. The molecule has 1 saturated heterocycles. The van der Waals surface area contributed by atoms with E-state index in [1.54, 1.807) is 13.1 Å². The van der Waals surface area contributed by atoms with Crippen LogP contribution in [0.1, 0.15) is 32.1 Å². The summed E-state index contributed by atoms with van der Waals surface area (Å²) in [6.07, 6.45) is 2.74. The van der Waals surface area contributed by atoms with E-state index in [-0.39, 0.29) is 17.9 Å².